The van der Waals surface area contributed by atoms with Gasteiger partial charge in [-0.05, 0) is 56.4 Å². The highest BCUT2D eigenvalue weighted by molar-refractivity contribution is 5.35. The third kappa shape index (κ3) is 3.24. The van der Waals surface area contributed by atoms with Crippen molar-refractivity contribution in [2.75, 3.05) is 0 Å². The molecule has 1 unspecified atom stereocenters. The maximum atomic E-state index is 6.53. The van der Waals surface area contributed by atoms with E-state index in [9.17, 15) is 0 Å². The van der Waals surface area contributed by atoms with Crippen molar-refractivity contribution in [2.24, 2.45) is 5.73 Å². The van der Waals surface area contributed by atoms with E-state index in [0.29, 0.717) is 0 Å². The minimum absolute atomic E-state index is 0.326. The molecule has 19 heavy (non-hydrogen) atoms. The van der Waals surface area contributed by atoms with Gasteiger partial charge in [0.1, 0.15) is 0 Å². The van der Waals surface area contributed by atoms with Crippen molar-refractivity contribution in [3.63, 3.8) is 0 Å². The van der Waals surface area contributed by atoms with Crippen molar-refractivity contribution in [3.05, 3.63) is 70.3 Å². The zero-order valence-corrected chi connectivity index (χ0v) is 12.3. The first kappa shape index (κ1) is 13.8. The van der Waals surface area contributed by atoms with Crippen LogP contribution in [0.15, 0.2) is 42.5 Å². The second-order valence-electron chi connectivity index (χ2n) is 5.88. The summed E-state index contributed by atoms with van der Waals surface area (Å²) in [7, 11) is 0. The molecule has 0 aromatic heterocycles. The second kappa shape index (κ2) is 5.18. The summed E-state index contributed by atoms with van der Waals surface area (Å²) in [6.45, 7) is 8.49. The summed E-state index contributed by atoms with van der Waals surface area (Å²) in [6.07, 6.45) is 0.857. The Balaban J connectivity index is 2.26. The summed E-state index contributed by atoms with van der Waals surface area (Å²) in [5, 5.41) is 0. The highest BCUT2D eigenvalue weighted by atomic mass is 14.7. The Morgan fingerprint density at radius 1 is 0.895 bits per heavy atom. The highest BCUT2D eigenvalue weighted by Gasteiger charge is 2.21. The van der Waals surface area contributed by atoms with Crippen molar-refractivity contribution in [2.45, 2.75) is 39.7 Å². The zero-order chi connectivity index (χ0) is 14.0. The number of aryl methyl sites for hydroxylation is 3. The summed E-state index contributed by atoms with van der Waals surface area (Å²) in [5.74, 6) is 0. The first-order valence-corrected chi connectivity index (χ1v) is 6.81. The molecule has 2 rings (SSSR count). The molecule has 1 heteroatoms. The van der Waals surface area contributed by atoms with E-state index in [1.54, 1.807) is 0 Å². The van der Waals surface area contributed by atoms with Gasteiger partial charge in [-0.3, -0.25) is 0 Å². The molecular weight excluding hydrogens is 230 g/mol. The third-order valence-corrected chi connectivity index (χ3v) is 3.86. The molecule has 0 saturated carbocycles. The van der Waals surface area contributed by atoms with E-state index in [2.05, 4.69) is 70.2 Å². The molecule has 1 nitrogen and oxygen atoms in total. The van der Waals surface area contributed by atoms with E-state index in [4.69, 9.17) is 5.73 Å². The van der Waals surface area contributed by atoms with E-state index in [-0.39, 0.29) is 5.54 Å². The van der Waals surface area contributed by atoms with E-state index >= 15 is 0 Å². The molecular formula is C18H23N. The van der Waals surface area contributed by atoms with Gasteiger partial charge in [-0.25, -0.2) is 0 Å². The van der Waals surface area contributed by atoms with Crippen molar-refractivity contribution in [1.29, 1.82) is 0 Å². The quantitative estimate of drug-likeness (QED) is 0.878. The summed E-state index contributed by atoms with van der Waals surface area (Å²) in [4.78, 5) is 0. The van der Waals surface area contributed by atoms with Gasteiger partial charge in [0.15, 0.2) is 0 Å². The molecule has 0 aliphatic rings. The maximum Gasteiger partial charge on any atom is 0.0421 e. The van der Waals surface area contributed by atoms with Crippen molar-refractivity contribution >= 4 is 0 Å². The molecule has 0 aliphatic heterocycles. The lowest BCUT2D eigenvalue weighted by Crippen LogP contribution is -2.35. The predicted octanol–water partition coefficient (Wildman–Crippen LogP) is 4.03. The Morgan fingerprint density at radius 3 is 2.11 bits per heavy atom. The molecule has 0 heterocycles. The fourth-order valence-electron chi connectivity index (χ4n) is 2.33. The number of rotatable bonds is 3. The van der Waals surface area contributed by atoms with Gasteiger partial charge in [0.25, 0.3) is 0 Å². The molecule has 0 amide bonds. The van der Waals surface area contributed by atoms with Gasteiger partial charge >= 0.3 is 0 Å². The topological polar surface area (TPSA) is 26.0 Å². The average molecular weight is 253 g/mol. The van der Waals surface area contributed by atoms with Crippen LogP contribution in [-0.2, 0) is 12.0 Å². The minimum atomic E-state index is -0.326. The lowest BCUT2D eigenvalue weighted by molar-refractivity contribution is 0.491. The number of hydrogen-bond acceptors (Lipinski definition) is 1. The Morgan fingerprint density at radius 2 is 1.53 bits per heavy atom. The second-order valence-corrected chi connectivity index (χ2v) is 5.88. The first-order chi connectivity index (χ1) is 8.88. The highest BCUT2D eigenvalue weighted by Crippen LogP contribution is 2.24. The van der Waals surface area contributed by atoms with E-state index < -0.39 is 0 Å². The van der Waals surface area contributed by atoms with Crippen LogP contribution < -0.4 is 5.73 Å². The Hall–Kier alpha value is -1.60. The predicted molar refractivity (Wildman–Crippen MR) is 82.3 cm³/mol. The molecule has 2 aromatic carbocycles. The SMILES string of the molecule is Cc1ccc(CC(C)(N)c2ccc(C)c(C)c2)cc1. The molecule has 2 aromatic rings. The lowest BCUT2D eigenvalue weighted by Gasteiger charge is -2.26. The van der Waals surface area contributed by atoms with Gasteiger partial charge < -0.3 is 5.73 Å². The van der Waals surface area contributed by atoms with E-state index in [1.165, 1.54) is 27.8 Å². The fourth-order valence-corrected chi connectivity index (χ4v) is 2.33. The van der Waals surface area contributed by atoms with Crippen molar-refractivity contribution in [1.82, 2.24) is 0 Å². The smallest absolute Gasteiger partial charge is 0.0421 e. The van der Waals surface area contributed by atoms with Crippen LogP contribution in [0.1, 0.15) is 34.7 Å². The van der Waals surface area contributed by atoms with Gasteiger partial charge in [-0.2, -0.15) is 0 Å². The summed E-state index contributed by atoms with van der Waals surface area (Å²) in [6, 6.07) is 15.1. The number of nitrogens with two attached hydrogens (primary N) is 1. The van der Waals surface area contributed by atoms with E-state index in [0.717, 1.165) is 6.42 Å². The van der Waals surface area contributed by atoms with Crippen LogP contribution in [0.2, 0.25) is 0 Å². The Labute approximate surface area is 116 Å². The molecule has 0 saturated heterocycles. The summed E-state index contributed by atoms with van der Waals surface area (Å²) in [5.41, 5.74) is 12.6. The first-order valence-electron chi connectivity index (χ1n) is 6.81. The Bertz CT molecular complexity index is 565. The van der Waals surface area contributed by atoms with Crippen LogP contribution in [-0.4, -0.2) is 0 Å². The summed E-state index contributed by atoms with van der Waals surface area (Å²) >= 11 is 0. The van der Waals surface area contributed by atoms with Gasteiger partial charge in [0.05, 0.1) is 0 Å². The Kier molecular flexibility index (Phi) is 3.77. The third-order valence-electron chi connectivity index (χ3n) is 3.86. The standard InChI is InChI=1S/C18H23N/c1-13-5-8-16(9-6-13)12-18(4,19)17-10-7-14(2)15(3)11-17/h5-11H,12,19H2,1-4H3. The normalized spacial score (nSPS) is 14.2. The molecule has 1 atom stereocenters. The molecule has 0 aliphatic carbocycles. The van der Waals surface area contributed by atoms with Crippen LogP contribution in [0, 0.1) is 20.8 Å². The fraction of sp³-hybridized carbons (Fsp3) is 0.333. The molecule has 0 fully saturated rings. The van der Waals surface area contributed by atoms with E-state index in [1.807, 2.05) is 0 Å². The van der Waals surface area contributed by atoms with Crippen LogP contribution >= 0.6 is 0 Å². The van der Waals surface area contributed by atoms with Crippen LogP contribution in [0.3, 0.4) is 0 Å². The molecule has 0 radical (unpaired) electrons. The van der Waals surface area contributed by atoms with Crippen molar-refractivity contribution < 1.29 is 0 Å². The van der Waals surface area contributed by atoms with Gasteiger partial charge in [-0.15, -0.1) is 0 Å². The van der Waals surface area contributed by atoms with Gasteiger partial charge in [0, 0.05) is 5.54 Å². The lowest BCUT2D eigenvalue weighted by atomic mass is 9.85. The van der Waals surface area contributed by atoms with Crippen LogP contribution in [0.25, 0.3) is 0 Å². The van der Waals surface area contributed by atoms with Crippen LogP contribution in [0.5, 0.6) is 0 Å². The maximum absolute atomic E-state index is 6.53. The zero-order valence-electron chi connectivity index (χ0n) is 12.3. The van der Waals surface area contributed by atoms with Crippen LogP contribution in [0.4, 0.5) is 0 Å². The number of hydrogen-bond donors (Lipinski definition) is 1. The van der Waals surface area contributed by atoms with Gasteiger partial charge in [0.2, 0.25) is 0 Å². The molecule has 0 bridgehead atoms. The molecule has 0 spiro atoms. The largest absolute Gasteiger partial charge is 0.321 e. The van der Waals surface area contributed by atoms with Crippen molar-refractivity contribution in [3.8, 4) is 0 Å². The average Bonchev–Trinajstić information content (AvgIpc) is 2.35. The molecule has 100 valence electrons. The summed E-state index contributed by atoms with van der Waals surface area (Å²) < 4.78 is 0. The van der Waals surface area contributed by atoms with Gasteiger partial charge in [-0.1, -0.05) is 48.0 Å². The minimum Gasteiger partial charge on any atom is -0.321 e. The number of benzene rings is 2. The molecule has 2 N–H and O–H groups in total. The monoisotopic (exact) mass is 253 g/mol.